The maximum Gasteiger partial charge on any atom is 0.0957 e. The van der Waals surface area contributed by atoms with E-state index in [0.717, 1.165) is 22.6 Å². The molecule has 2 rings (SSSR count). The molecule has 1 heterocycles. The molecule has 1 aromatic heterocycles. The lowest BCUT2D eigenvalue weighted by atomic mass is 10.1. The molecule has 1 unspecified atom stereocenters. The second-order valence-corrected chi connectivity index (χ2v) is 5.44. The van der Waals surface area contributed by atoms with Gasteiger partial charge in [-0.25, -0.2) is 0 Å². The Kier molecular flexibility index (Phi) is 4.56. The zero-order valence-corrected chi connectivity index (χ0v) is 12.1. The molecule has 1 atom stereocenters. The van der Waals surface area contributed by atoms with Gasteiger partial charge in [0.2, 0.25) is 0 Å². The summed E-state index contributed by atoms with van der Waals surface area (Å²) in [6, 6.07) is 5.41. The predicted molar refractivity (Wildman–Crippen MR) is 74.4 cm³/mol. The van der Waals surface area contributed by atoms with E-state index < -0.39 is 6.10 Å². The molecule has 6 heteroatoms. The van der Waals surface area contributed by atoms with Gasteiger partial charge in [-0.15, -0.1) is 5.10 Å². The molecular weight excluding hydrogens is 291 g/mol. The van der Waals surface area contributed by atoms with Crippen LogP contribution in [-0.4, -0.2) is 14.7 Å². The summed E-state index contributed by atoms with van der Waals surface area (Å²) in [6.45, 7) is 1.99. The summed E-state index contributed by atoms with van der Waals surface area (Å²) in [5, 5.41) is 15.2. The quantitative estimate of drug-likeness (QED) is 0.937. The van der Waals surface area contributed by atoms with Crippen LogP contribution in [0, 0.1) is 0 Å². The maximum atomic E-state index is 10.2. The van der Waals surface area contributed by atoms with Crippen molar-refractivity contribution in [2.75, 3.05) is 0 Å². The van der Waals surface area contributed by atoms with Crippen molar-refractivity contribution in [3.63, 3.8) is 0 Å². The topological polar surface area (TPSA) is 46.0 Å². The van der Waals surface area contributed by atoms with Crippen LogP contribution < -0.4 is 0 Å². The largest absolute Gasteiger partial charge is 0.387 e. The minimum atomic E-state index is -0.643. The molecule has 0 radical (unpaired) electrons. The van der Waals surface area contributed by atoms with E-state index in [1.165, 1.54) is 11.5 Å². The Morgan fingerprint density at radius 2 is 2.17 bits per heavy atom. The van der Waals surface area contributed by atoms with Gasteiger partial charge in [-0.1, -0.05) is 46.7 Å². The molecule has 0 fully saturated rings. The van der Waals surface area contributed by atoms with Crippen molar-refractivity contribution in [2.45, 2.75) is 25.9 Å². The molecule has 0 saturated carbocycles. The molecule has 0 aliphatic carbocycles. The van der Waals surface area contributed by atoms with E-state index in [2.05, 4.69) is 9.59 Å². The average Bonchev–Trinajstić information content (AvgIpc) is 2.83. The molecule has 18 heavy (non-hydrogen) atoms. The number of aryl methyl sites for hydroxylation is 1. The maximum absolute atomic E-state index is 10.2. The SMILES string of the molecule is CCc1nnsc1C(O)Cc1cccc(Cl)c1Cl. The van der Waals surface area contributed by atoms with Gasteiger partial charge in [0.05, 0.1) is 26.7 Å². The summed E-state index contributed by atoms with van der Waals surface area (Å²) in [6.07, 6.45) is 0.526. The van der Waals surface area contributed by atoms with Crippen molar-refractivity contribution in [1.82, 2.24) is 9.59 Å². The fourth-order valence-corrected chi connectivity index (χ4v) is 2.84. The van der Waals surface area contributed by atoms with Crippen molar-refractivity contribution in [2.24, 2.45) is 0 Å². The molecule has 0 spiro atoms. The highest BCUT2D eigenvalue weighted by Crippen LogP contribution is 2.30. The van der Waals surface area contributed by atoms with Crippen molar-refractivity contribution in [3.8, 4) is 0 Å². The summed E-state index contributed by atoms with van der Waals surface area (Å²) in [4.78, 5) is 0.800. The molecule has 96 valence electrons. The third-order valence-corrected chi connectivity index (χ3v) is 4.39. The van der Waals surface area contributed by atoms with Crippen LogP contribution in [0.4, 0.5) is 0 Å². The van der Waals surface area contributed by atoms with Crippen LogP contribution in [0.2, 0.25) is 10.0 Å². The fourth-order valence-electron chi connectivity index (χ4n) is 1.72. The molecule has 0 saturated heterocycles. The lowest BCUT2D eigenvalue weighted by Gasteiger charge is -2.11. The number of hydrogen-bond donors (Lipinski definition) is 1. The van der Waals surface area contributed by atoms with Crippen LogP contribution in [0.15, 0.2) is 18.2 Å². The van der Waals surface area contributed by atoms with Crippen molar-refractivity contribution in [3.05, 3.63) is 44.4 Å². The number of benzene rings is 1. The number of nitrogens with zero attached hydrogens (tertiary/aromatic N) is 2. The molecule has 0 amide bonds. The first-order valence-corrected chi connectivity index (χ1v) is 7.08. The molecule has 0 aliphatic heterocycles. The van der Waals surface area contributed by atoms with E-state index >= 15 is 0 Å². The second-order valence-electron chi connectivity index (χ2n) is 3.87. The monoisotopic (exact) mass is 302 g/mol. The normalized spacial score (nSPS) is 12.7. The van der Waals surface area contributed by atoms with Gasteiger partial charge in [-0.05, 0) is 29.6 Å². The van der Waals surface area contributed by atoms with E-state index in [4.69, 9.17) is 23.2 Å². The van der Waals surface area contributed by atoms with E-state index in [-0.39, 0.29) is 0 Å². The number of aliphatic hydroxyl groups is 1. The number of aliphatic hydroxyl groups excluding tert-OH is 1. The molecule has 0 bridgehead atoms. The zero-order valence-electron chi connectivity index (χ0n) is 9.73. The van der Waals surface area contributed by atoms with E-state index in [9.17, 15) is 5.11 Å². The molecule has 2 aromatic rings. The first-order valence-electron chi connectivity index (χ1n) is 5.55. The van der Waals surface area contributed by atoms with E-state index in [1.54, 1.807) is 6.07 Å². The average molecular weight is 303 g/mol. The Hall–Kier alpha value is -0.680. The van der Waals surface area contributed by atoms with Crippen molar-refractivity contribution < 1.29 is 5.11 Å². The number of hydrogen-bond acceptors (Lipinski definition) is 4. The first-order chi connectivity index (χ1) is 8.63. The molecule has 1 N–H and O–H groups in total. The van der Waals surface area contributed by atoms with Crippen LogP contribution in [-0.2, 0) is 12.8 Å². The van der Waals surface area contributed by atoms with Gasteiger partial charge in [0.1, 0.15) is 0 Å². The summed E-state index contributed by atoms with van der Waals surface area (Å²) < 4.78 is 3.87. The predicted octanol–water partition coefficient (Wildman–Crippen LogP) is 3.68. The summed E-state index contributed by atoms with van der Waals surface area (Å²) >= 11 is 13.3. The van der Waals surface area contributed by atoms with Crippen LogP contribution in [0.3, 0.4) is 0 Å². The Morgan fingerprint density at radius 3 is 2.89 bits per heavy atom. The standard InChI is InChI=1S/C12H12Cl2N2OS/c1-2-9-12(18-16-15-9)10(17)6-7-4-3-5-8(13)11(7)14/h3-5,10,17H,2,6H2,1H3. The highest BCUT2D eigenvalue weighted by molar-refractivity contribution is 7.05. The third-order valence-electron chi connectivity index (χ3n) is 2.67. The van der Waals surface area contributed by atoms with Crippen LogP contribution in [0.25, 0.3) is 0 Å². The third kappa shape index (κ3) is 2.83. The zero-order chi connectivity index (χ0) is 13.1. The number of aromatic nitrogens is 2. The fraction of sp³-hybridized carbons (Fsp3) is 0.333. The molecule has 0 aliphatic rings. The molecule has 1 aromatic carbocycles. The van der Waals surface area contributed by atoms with E-state index in [1.807, 2.05) is 19.1 Å². The highest BCUT2D eigenvalue weighted by Gasteiger charge is 2.18. The van der Waals surface area contributed by atoms with Crippen LogP contribution in [0.1, 0.15) is 29.2 Å². The number of halogens is 2. The lowest BCUT2D eigenvalue weighted by Crippen LogP contribution is -2.03. The summed E-state index contributed by atoms with van der Waals surface area (Å²) in [5.74, 6) is 0. The van der Waals surface area contributed by atoms with Crippen molar-refractivity contribution in [1.29, 1.82) is 0 Å². The van der Waals surface area contributed by atoms with Gasteiger partial charge in [-0.3, -0.25) is 0 Å². The Bertz CT molecular complexity index is 545. The lowest BCUT2D eigenvalue weighted by molar-refractivity contribution is 0.181. The van der Waals surface area contributed by atoms with Gasteiger partial charge in [0.15, 0.2) is 0 Å². The van der Waals surface area contributed by atoms with Gasteiger partial charge < -0.3 is 5.11 Å². The minimum Gasteiger partial charge on any atom is -0.387 e. The van der Waals surface area contributed by atoms with Gasteiger partial charge >= 0.3 is 0 Å². The summed E-state index contributed by atoms with van der Waals surface area (Å²) in [5.41, 5.74) is 1.66. The smallest absolute Gasteiger partial charge is 0.0957 e. The Labute approximate surface area is 120 Å². The van der Waals surface area contributed by atoms with Gasteiger partial charge in [0, 0.05) is 6.42 Å². The van der Waals surface area contributed by atoms with Crippen LogP contribution in [0.5, 0.6) is 0 Å². The van der Waals surface area contributed by atoms with E-state index in [0.29, 0.717) is 16.5 Å². The molecule has 3 nitrogen and oxygen atoms in total. The number of rotatable bonds is 4. The summed E-state index contributed by atoms with van der Waals surface area (Å²) in [7, 11) is 0. The van der Waals surface area contributed by atoms with Crippen LogP contribution >= 0.6 is 34.7 Å². The molecular formula is C12H12Cl2N2OS. The van der Waals surface area contributed by atoms with Gasteiger partial charge in [-0.2, -0.15) is 0 Å². The van der Waals surface area contributed by atoms with Crippen molar-refractivity contribution >= 4 is 34.7 Å². The Morgan fingerprint density at radius 1 is 1.39 bits per heavy atom. The second kappa shape index (κ2) is 5.97. The Balaban J connectivity index is 2.21. The van der Waals surface area contributed by atoms with Gasteiger partial charge in [0.25, 0.3) is 0 Å². The highest BCUT2D eigenvalue weighted by atomic mass is 35.5. The first kappa shape index (κ1) is 13.7. The minimum absolute atomic E-state index is 0.413.